The molecule has 2 aromatic heterocycles. The number of amides is 1. The molecule has 0 spiro atoms. The summed E-state index contributed by atoms with van der Waals surface area (Å²) in [6.07, 6.45) is -2.68. The van der Waals surface area contributed by atoms with Crippen molar-refractivity contribution in [1.29, 1.82) is 0 Å². The molecule has 0 saturated carbocycles. The van der Waals surface area contributed by atoms with Crippen LogP contribution in [0.3, 0.4) is 0 Å². The number of azide groups is 1. The lowest BCUT2D eigenvalue weighted by Gasteiger charge is -2.35. The predicted octanol–water partition coefficient (Wildman–Crippen LogP) is 4.89. The van der Waals surface area contributed by atoms with Crippen molar-refractivity contribution in [1.82, 2.24) is 19.9 Å². The lowest BCUT2D eigenvalue weighted by molar-refractivity contribution is -0.141. The molecule has 0 radical (unpaired) electrons. The highest BCUT2D eigenvalue weighted by molar-refractivity contribution is 5.68. The van der Waals surface area contributed by atoms with Crippen molar-refractivity contribution in [2.24, 2.45) is 5.11 Å². The van der Waals surface area contributed by atoms with Crippen molar-refractivity contribution < 1.29 is 32.5 Å². The van der Waals surface area contributed by atoms with Crippen molar-refractivity contribution >= 4 is 6.09 Å². The van der Waals surface area contributed by atoms with Crippen LogP contribution in [0.25, 0.3) is 10.4 Å². The van der Waals surface area contributed by atoms with Gasteiger partial charge in [0, 0.05) is 41.7 Å². The first-order chi connectivity index (χ1) is 17.7. The fourth-order valence-electron chi connectivity index (χ4n) is 4.02. The van der Waals surface area contributed by atoms with Gasteiger partial charge in [-0.3, -0.25) is 0 Å². The zero-order valence-electron chi connectivity index (χ0n) is 21.6. The Kier molecular flexibility index (Phi) is 8.68. The number of aryl methyl sites for hydroxylation is 1. The van der Waals surface area contributed by atoms with Crippen molar-refractivity contribution in [2.45, 2.75) is 63.8 Å². The SMILES string of the molecule is Cc1ncc(C(O)(CN=[N+]=[N-])COc2cccc(C(F)(F)F)n2)c(C2CCN(C(=O)OC(C)(C)C)CC2)n1. The summed E-state index contributed by atoms with van der Waals surface area (Å²) in [6, 6.07) is 3.16. The third kappa shape index (κ3) is 7.45. The number of hydrogen-bond donors (Lipinski definition) is 1. The maximum Gasteiger partial charge on any atom is 0.433 e. The molecule has 38 heavy (non-hydrogen) atoms. The molecule has 0 bridgehead atoms. The van der Waals surface area contributed by atoms with E-state index in [1.807, 2.05) is 0 Å². The Balaban J connectivity index is 1.86. The molecule has 1 amide bonds. The molecule has 1 unspecified atom stereocenters. The molecule has 14 heteroatoms. The van der Waals surface area contributed by atoms with E-state index >= 15 is 0 Å². The Bertz CT molecular complexity index is 1190. The summed E-state index contributed by atoms with van der Waals surface area (Å²) in [7, 11) is 0. The van der Waals surface area contributed by atoms with Gasteiger partial charge in [-0.15, -0.1) is 0 Å². The number of piperidine rings is 1. The van der Waals surface area contributed by atoms with E-state index in [0.717, 1.165) is 12.1 Å². The van der Waals surface area contributed by atoms with Gasteiger partial charge in [-0.05, 0) is 52.1 Å². The number of nitrogens with zero attached hydrogens (tertiary/aromatic N) is 7. The van der Waals surface area contributed by atoms with E-state index in [-0.39, 0.29) is 17.4 Å². The Hall–Kier alpha value is -3.64. The summed E-state index contributed by atoms with van der Waals surface area (Å²) < 4.78 is 50.1. The van der Waals surface area contributed by atoms with Crippen LogP contribution < -0.4 is 4.74 Å². The van der Waals surface area contributed by atoms with Crippen LogP contribution in [-0.4, -0.2) is 62.9 Å². The van der Waals surface area contributed by atoms with Crippen molar-refractivity contribution in [3.63, 3.8) is 0 Å². The monoisotopic (exact) mass is 537 g/mol. The molecule has 1 fully saturated rings. The molecule has 206 valence electrons. The van der Waals surface area contributed by atoms with Gasteiger partial charge in [0.15, 0.2) is 0 Å². The predicted molar refractivity (Wildman–Crippen MR) is 129 cm³/mol. The van der Waals surface area contributed by atoms with Gasteiger partial charge in [0.1, 0.15) is 29.3 Å². The summed E-state index contributed by atoms with van der Waals surface area (Å²) in [6.45, 7) is 6.76. The quantitative estimate of drug-likeness (QED) is 0.300. The van der Waals surface area contributed by atoms with E-state index in [0.29, 0.717) is 37.4 Å². The molecule has 1 aliphatic rings. The summed E-state index contributed by atoms with van der Waals surface area (Å²) >= 11 is 0. The number of carbonyl (C=O) groups is 1. The van der Waals surface area contributed by atoms with Crippen LogP contribution in [0, 0.1) is 6.92 Å². The molecule has 1 saturated heterocycles. The van der Waals surface area contributed by atoms with Crippen LogP contribution >= 0.6 is 0 Å². The van der Waals surface area contributed by atoms with Gasteiger partial charge in [0.25, 0.3) is 0 Å². The number of pyridine rings is 1. The van der Waals surface area contributed by atoms with Gasteiger partial charge in [-0.25, -0.2) is 19.7 Å². The fraction of sp³-hybridized carbons (Fsp3) is 0.583. The fourth-order valence-corrected chi connectivity index (χ4v) is 4.02. The van der Waals surface area contributed by atoms with E-state index < -0.39 is 42.3 Å². The molecule has 3 rings (SSSR count). The van der Waals surface area contributed by atoms with E-state index in [1.165, 1.54) is 12.3 Å². The molecule has 1 atom stereocenters. The minimum Gasteiger partial charge on any atom is -0.474 e. The molecule has 11 nitrogen and oxygen atoms in total. The van der Waals surface area contributed by atoms with E-state index in [2.05, 4.69) is 25.0 Å². The lowest BCUT2D eigenvalue weighted by Crippen LogP contribution is -2.42. The number of likely N-dealkylation sites (tertiary alicyclic amines) is 1. The van der Waals surface area contributed by atoms with Gasteiger partial charge in [-0.1, -0.05) is 11.2 Å². The number of ether oxygens (including phenoxy) is 2. The number of halogens is 3. The van der Waals surface area contributed by atoms with Gasteiger partial charge in [-0.2, -0.15) is 13.2 Å². The van der Waals surface area contributed by atoms with Crippen LogP contribution in [0.1, 0.15) is 62.3 Å². The van der Waals surface area contributed by atoms with E-state index in [4.69, 9.17) is 15.0 Å². The number of hydrogen-bond acceptors (Lipinski definition) is 8. The maximum absolute atomic E-state index is 13.1. The van der Waals surface area contributed by atoms with Crippen molar-refractivity contribution in [2.75, 3.05) is 26.2 Å². The first-order valence-electron chi connectivity index (χ1n) is 11.9. The minimum absolute atomic E-state index is 0.186. The van der Waals surface area contributed by atoms with Crippen LogP contribution in [0.2, 0.25) is 0 Å². The average molecular weight is 538 g/mol. The van der Waals surface area contributed by atoms with E-state index in [1.54, 1.807) is 32.6 Å². The first-order valence-corrected chi connectivity index (χ1v) is 11.9. The highest BCUT2D eigenvalue weighted by Gasteiger charge is 2.38. The molecular formula is C24H30F3N7O4. The smallest absolute Gasteiger partial charge is 0.433 e. The van der Waals surface area contributed by atoms with Gasteiger partial charge < -0.3 is 19.5 Å². The molecule has 1 aliphatic heterocycles. The molecule has 2 aromatic rings. The second-order valence-electron chi connectivity index (χ2n) is 10.0. The Morgan fingerprint density at radius 2 is 1.92 bits per heavy atom. The van der Waals surface area contributed by atoms with Gasteiger partial charge >= 0.3 is 12.3 Å². The molecular weight excluding hydrogens is 507 g/mol. The zero-order valence-corrected chi connectivity index (χ0v) is 21.6. The topological polar surface area (TPSA) is 146 Å². The maximum atomic E-state index is 13.1. The first kappa shape index (κ1) is 28.9. The second-order valence-corrected chi connectivity index (χ2v) is 10.0. The van der Waals surface area contributed by atoms with Gasteiger partial charge in [0.05, 0.1) is 12.2 Å². The molecule has 0 aromatic carbocycles. The summed E-state index contributed by atoms with van der Waals surface area (Å²) in [5.74, 6) is -0.112. The van der Waals surface area contributed by atoms with Crippen LogP contribution in [0.4, 0.5) is 18.0 Å². The third-order valence-electron chi connectivity index (χ3n) is 5.84. The number of aliphatic hydroxyl groups is 1. The average Bonchev–Trinajstić information content (AvgIpc) is 2.85. The van der Waals surface area contributed by atoms with Gasteiger partial charge in [0.2, 0.25) is 5.88 Å². The number of alkyl halides is 3. The third-order valence-corrected chi connectivity index (χ3v) is 5.84. The Labute approximate surface area is 217 Å². The summed E-state index contributed by atoms with van der Waals surface area (Å²) in [5.41, 5.74) is 5.86. The van der Waals surface area contributed by atoms with Crippen molar-refractivity contribution in [3.8, 4) is 5.88 Å². The molecule has 3 heterocycles. The highest BCUT2D eigenvalue weighted by atomic mass is 19.4. The zero-order chi connectivity index (χ0) is 28.1. The van der Waals surface area contributed by atoms with Crippen LogP contribution in [0.15, 0.2) is 29.5 Å². The number of aromatic nitrogens is 3. The van der Waals surface area contributed by atoms with Crippen LogP contribution in [0.5, 0.6) is 5.88 Å². The number of rotatable bonds is 7. The largest absolute Gasteiger partial charge is 0.474 e. The summed E-state index contributed by atoms with van der Waals surface area (Å²) in [5, 5.41) is 15.1. The Morgan fingerprint density at radius 3 is 2.53 bits per heavy atom. The van der Waals surface area contributed by atoms with E-state index in [9.17, 15) is 23.1 Å². The standard InChI is InChI=1S/C24H30F3N7O4/c1-15-29-12-17(20(31-15)16-8-10-34(11-9-16)21(35)38-22(2,3)4)23(36,13-30-33-28)14-37-19-7-5-6-18(32-19)24(25,26)27/h5-7,12,16,36H,8-11,13-14H2,1-4H3. The second kappa shape index (κ2) is 11.4. The number of carbonyl (C=O) groups excluding carboxylic acids is 1. The Morgan fingerprint density at radius 1 is 1.24 bits per heavy atom. The van der Waals surface area contributed by atoms with Crippen molar-refractivity contribution in [3.05, 3.63) is 57.6 Å². The van der Waals surface area contributed by atoms with Crippen LogP contribution in [-0.2, 0) is 16.5 Å². The highest BCUT2D eigenvalue weighted by Crippen LogP contribution is 2.35. The normalized spacial score (nSPS) is 16.4. The minimum atomic E-state index is -4.67. The lowest BCUT2D eigenvalue weighted by atomic mass is 9.85. The molecule has 1 N–H and O–H groups in total. The summed E-state index contributed by atoms with van der Waals surface area (Å²) in [4.78, 5) is 29.0. The molecule has 0 aliphatic carbocycles.